The van der Waals surface area contributed by atoms with E-state index in [0.717, 1.165) is 44.6 Å². The molecule has 0 bridgehead atoms. The van der Waals surface area contributed by atoms with Gasteiger partial charge < -0.3 is 4.74 Å². The summed E-state index contributed by atoms with van der Waals surface area (Å²) < 4.78 is 5.07. The molecule has 0 radical (unpaired) electrons. The molecule has 1 aromatic rings. The number of methoxy groups -OCH3 is 1. The number of likely N-dealkylation sites (tertiary alicyclic amines) is 1. The van der Waals surface area contributed by atoms with Gasteiger partial charge in [0.25, 0.3) is 0 Å². The van der Waals surface area contributed by atoms with Crippen LogP contribution in [-0.2, 0) is 16.1 Å². The van der Waals surface area contributed by atoms with E-state index in [4.69, 9.17) is 4.74 Å². The van der Waals surface area contributed by atoms with Crippen LogP contribution in [0.3, 0.4) is 0 Å². The van der Waals surface area contributed by atoms with Crippen LogP contribution in [0.15, 0.2) is 5.51 Å². The molecular weight excluding hydrogens is 260 g/mol. The number of aryl methyl sites for hydroxylation is 1. The molecular formula is C14H20N2O2S. The van der Waals surface area contributed by atoms with Crippen LogP contribution in [0.5, 0.6) is 0 Å². The number of thiazole rings is 1. The highest BCUT2D eigenvalue weighted by molar-refractivity contribution is 7.09. The summed E-state index contributed by atoms with van der Waals surface area (Å²) in [5.41, 5.74) is 2.79. The van der Waals surface area contributed by atoms with Gasteiger partial charge in [-0.2, -0.15) is 0 Å². The Kier molecular flexibility index (Phi) is 3.35. The lowest BCUT2D eigenvalue weighted by Gasteiger charge is -2.25. The molecule has 2 aliphatic rings. The van der Waals surface area contributed by atoms with E-state index in [2.05, 4.69) is 16.8 Å². The van der Waals surface area contributed by atoms with Gasteiger partial charge in [-0.1, -0.05) is 6.42 Å². The standard InChI is InChI=1S/C14H20N2O2S/c1-10-12(19-9-15-10)7-16-6-11-4-3-5-14(11,8-16)13(17)18-2/h9,11H,3-8H2,1-2H3/t11-,14-/m0/s1. The average molecular weight is 280 g/mol. The van der Waals surface area contributed by atoms with E-state index >= 15 is 0 Å². The summed E-state index contributed by atoms with van der Waals surface area (Å²) in [6.07, 6.45) is 3.31. The Bertz CT molecular complexity index is 488. The minimum absolute atomic E-state index is 0.00136. The van der Waals surface area contributed by atoms with Crippen molar-refractivity contribution in [1.82, 2.24) is 9.88 Å². The number of carbonyl (C=O) groups excluding carboxylic acids is 1. The fourth-order valence-electron chi connectivity index (χ4n) is 3.73. The second-order valence-electron chi connectivity index (χ2n) is 5.77. The number of aromatic nitrogens is 1. The third-order valence-electron chi connectivity index (χ3n) is 4.75. The maximum Gasteiger partial charge on any atom is 0.313 e. The van der Waals surface area contributed by atoms with Gasteiger partial charge in [-0.15, -0.1) is 11.3 Å². The highest BCUT2D eigenvalue weighted by atomic mass is 32.1. The van der Waals surface area contributed by atoms with Gasteiger partial charge in [0.05, 0.1) is 23.7 Å². The topological polar surface area (TPSA) is 42.4 Å². The number of esters is 1. The average Bonchev–Trinajstić information content (AvgIpc) is 3.04. The van der Waals surface area contributed by atoms with Gasteiger partial charge in [0, 0.05) is 24.5 Å². The van der Waals surface area contributed by atoms with Crippen molar-refractivity contribution < 1.29 is 9.53 Å². The van der Waals surface area contributed by atoms with Crippen molar-refractivity contribution in [3.05, 3.63) is 16.1 Å². The molecule has 2 atom stereocenters. The number of nitrogens with zero attached hydrogens (tertiary/aromatic N) is 2. The molecule has 0 N–H and O–H groups in total. The highest BCUT2D eigenvalue weighted by Gasteiger charge is 2.55. The van der Waals surface area contributed by atoms with E-state index in [1.54, 1.807) is 11.3 Å². The molecule has 104 valence electrons. The lowest BCUT2D eigenvalue weighted by molar-refractivity contribution is -0.153. The minimum atomic E-state index is -0.229. The third-order valence-corrected chi connectivity index (χ3v) is 5.67. The number of carbonyl (C=O) groups is 1. The van der Waals surface area contributed by atoms with Crippen LogP contribution < -0.4 is 0 Å². The monoisotopic (exact) mass is 280 g/mol. The zero-order chi connectivity index (χ0) is 13.5. The summed E-state index contributed by atoms with van der Waals surface area (Å²) >= 11 is 1.71. The molecule has 3 rings (SSSR count). The largest absolute Gasteiger partial charge is 0.469 e. The summed E-state index contributed by atoms with van der Waals surface area (Å²) in [6, 6.07) is 0. The lowest BCUT2D eigenvalue weighted by Crippen LogP contribution is -2.36. The van der Waals surface area contributed by atoms with Gasteiger partial charge in [0.1, 0.15) is 0 Å². The van der Waals surface area contributed by atoms with E-state index in [1.165, 1.54) is 12.0 Å². The van der Waals surface area contributed by atoms with Crippen LogP contribution in [0.2, 0.25) is 0 Å². The quantitative estimate of drug-likeness (QED) is 0.796. The van der Waals surface area contributed by atoms with Gasteiger partial charge in [0.2, 0.25) is 0 Å². The predicted octanol–water partition coefficient (Wildman–Crippen LogP) is 2.23. The Morgan fingerprint density at radius 1 is 1.68 bits per heavy atom. The van der Waals surface area contributed by atoms with Crippen molar-refractivity contribution in [1.29, 1.82) is 0 Å². The smallest absolute Gasteiger partial charge is 0.313 e. The maximum atomic E-state index is 12.2. The van der Waals surface area contributed by atoms with E-state index in [0.29, 0.717) is 5.92 Å². The first-order chi connectivity index (χ1) is 9.15. The van der Waals surface area contributed by atoms with Gasteiger partial charge in [-0.05, 0) is 25.7 Å². The Morgan fingerprint density at radius 3 is 3.21 bits per heavy atom. The SMILES string of the molecule is COC(=O)[C@]12CCC[C@H]1CN(Cc1scnc1C)C2. The minimum Gasteiger partial charge on any atom is -0.469 e. The predicted molar refractivity (Wildman–Crippen MR) is 73.9 cm³/mol. The summed E-state index contributed by atoms with van der Waals surface area (Å²) in [5, 5.41) is 0. The van der Waals surface area contributed by atoms with Crippen molar-refractivity contribution >= 4 is 17.3 Å². The summed E-state index contributed by atoms with van der Waals surface area (Å²) in [5.74, 6) is 0.478. The Hall–Kier alpha value is -0.940. The third kappa shape index (κ3) is 2.09. The first-order valence-corrected chi connectivity index (χ1v) is 7.73. The van der Waals surface area contributed by atoms with Crippen molar-refractivity contribution in [3.63, 3.8) is 0 Å². The van der Waals surface area contributed by atoms with Crippen LogP contribution in [0, 0.1) is 18.3 Å². The first-order valence-electron chi connectivity index (χ1n) is 6.85. The fourth-order valence-corrected chi connectivity index (χ4v) is 4.55. The van der Waals surface area contributed by atoms with Crippen LogP contribution in [0.25, 0.3) is 0 Å². The number of hydrogen-bond acceptors (Lipinski definition) is 5. The molecule has 1 aliphatic heterocycles. The Balaban J connectivity index is 1.75. The molecule has 1 aromatic heterocycles. The molecule has 19 heavy (non-hydrogen) atoms. The van der Waals surface area contributed by atoms with Crippen LogP contribution in [0.1, 0.15) is 29.8 Å². The Labute approximate surface area is 117 Å². The van der Waals surface area contributed by atoms with Crippen molar-refractivity contribution in [2.45, 2.75) is 32.7 Å². The van der Waals surface area contributed by atoms with Crippen LogP contribution in [-0.4, -0.2) is 36.1 Å². The van der Waals surface area contributed by atoms with Gasteiger partial charge in [-0.25, -0.2) is 4.98 Å². The molecule has 1 saturated carbocycles. The molecule has 0 spiro atoms. The summed E-state index contributed by atoms with van der Waals surface area (Å²) in [7, 11) is 1.52. The normalized spacial score (nSPS) is 30.5. The fraction of sp³-hybridized carbons (Fsp3) is 0.714. The number of rotatable bonds is 3. The zero-order valence-corrected chi connectivity index (χ0v) is 12.3. The van der Waals surface area contributed by atoms with E-state index in [9.17, 15) is 4.79 Å². The molecule has 1 aliphatic carbocycles. The second-order valence-corrected chi connectivity index (χ2v) is 6.71. The van der Waals surface area contributed by atoms with E-state index < -0.39 is 0 Å². The van der Waals surface area contributed by atoms with Crippen molar-refractivity contribution in [2.75, 3.05) is 20.2 Å². The first kappa shape index (κ1) is 13.1. The molecule has 1 saturated heterocycles. The highest BCUT2D eigenvalue weighted by Crippen LogP contribution is 2.49. The molecule has 0 unspecified atom stereocenters. The molecule has 5 heteroatoms. The van der Waals surface area contributed by atoms with Gasteiger partial charge >= 0.3 is 5.97 Å². The molecule has 4 nitrogen and oxygen atoms in total. The Morgan fingerprint density at radius 2 is 2.53 bits per heavy atom. The van der Waals surface area contributed by atoms with Crippen LogP contribution >= 0.6 is 11.3 Å². The van der Waals surface area contributed by atoms with Gasteiger partial charge in [-0.3, -0.25) is 9.69 Å². The second kappa shape index (κ2) is 4.87. The number of fused-ring (bicyclic) bond motifs is 1. The molecule has 2 fully saturated rings. The van der Waals surface area contributed by atoms with Crippen LogP contribution in [0.4, 0.5) is 0 Å². The number of hydrogen-bond donors (Lipinski definition) is 0. The lowest BCUT2D eigenvalue weighted by atomic mass is 9.81. The molecule has 0 aromatic carbocycles. The van der Waals surface area contributed by atoms with E-state index in [1.807, 2.05) is 5.51 Å². The molecule has 2 heterocycles. The molecule has 0 amide bonds. The number of ether oxygens (including phenoxy) is 1. The van der Waals surface area contributed by atoms with Crippen molar-refractivity contribution in [3.8, 4) is 0 Å². The maximum absolute atomic E-state index is 12.2. The van der Waals surface area contributed by atoms with Crippen molar-refractivity contribution in [2.24, 2.45) is 11.3 Å². The summed E-state index contributed by atoms with van der Waals surface area (Å²) in [6.45, 7) is 4.85. The van der Waals surface area contributed by atoms with E-state index in [-0.39, 0.29) is 11.4 Å². The summed E-state index contributed by atoms with van der Waals surface area (Å²) in [4.78, 5) is 20.2. The van der Waals surface area contributed by atoms with Gasteiger partial charge in [0.15, 0.2) is 0 Å². The zero-order valence-electron chi connectivity index (χ0n) is 11.5.